The number of fused-ring (bicyclic) bond motifs is 1. The lowest BCUT2D eigenvalue weighted by atomic mass is 9.91. The number of H-pyrrole nitrogens is 1. The number of methoxy groups -OCH3 is 1. The molecule has 0 saturated carbocycles. The third kappa shape index (κ3) is 4.92. The Bertz CT molecular complexity index is 1450. The van der Waals surface area contributed by atoms with Crippen LogP contribution in [-0.2, 0) is 16.6 Å². The van der Waals surface area contributed by atoms with Crippen LogP contribution in [0.5, 0.6) is 5.75 Å². The van der Waals surface area contributed by atoms with Crippen molar-refractivity contribution in [1.29, 1.82) is 0 Å². The number of aromatic amines is 1. The van der Waals surface area contributed by atoms with E-state index in [1.54, 1.807) is 13.0 Å². The van der Waals surface area contributed by atoms with Crippen molar-refractivity contribution < 1.29 is 17.9 Å². The third-order valence-corrected chi connectivity index (χ3v) is 8.62. The number of aryl methyl sites for hydroxylation is 1. The van der Waals surface area contributed by atoms with Gasteiger partial charge in [0.2, 0.25) is 10.0 Å². The lowest BCUT2D eigenvalue weighted by molar-refractivity contribution is 0.0951. The van der Waals surface area contributed by atoms with Crippen molar-refractivity contribution in [3.05, 3.63) is 63.2 Å². The fraction of sp³-hybridized carbons (Fsp3) is 0.462. The Labute approximate surface area is 211 Å². The molecule has 9 nitrogen and oxygen atoms in total. The predicted octanol–water partition coefficient (Wildman–Crippen LogP) is 3.12. The molecule has 10 heteroatoms. The van der Waals surface area contributed by atoms with E-state index in [1.165, 1.54) is 17.7 Å². The van der Waals surface area contributed by atoms with Crippen molar-refractivity contribution in [2.45, 2.75) is 46.2 Å². The van der Waals surface area contributed by atoms with E-state index in [9.17, 15) is 18.0 Å². The molecule has 1 aromatic carbocycles. The Kier molecular flexibility index (Phi) is 7.28. The zero-order chi connectivity index (χ0) is 26.2. The quantitative estimate of drug-likeness (QED) is 0.503. The molecule has 1 aliphatic rings. The van der Waals surface area contributed by atoms with Gasteiger partial charge in [0.25, 0.3) is 11.5 Å². The summed E-state index contributed by atoms with van der Waals surface area (Å²) >= 11 is 0. The summed E-state index contributed by atoms with van der Waals surface area (Å²) in [5.41, 5.74) is 3.14. The van der Waals surface area contributed by atoms with Crippen LogP contribution in [-0.4, -0.2) is 54.6 Å². The van der Waals surface area contributed by atoms with Gasteiger partial charge in [-0.25, -0.2) is 12.7 Å². The summed E-state index contributed by atoms with van der Waals surface area (Å²) in [5.74, 6) is 0.456. The molecule has 1 saturated heterocycles. The standard InChI is InChI=1S/C26H34N4O5S/c1-16-14-23(35-4)21(25(31)28-16)15-27-26(32)24-18(3)30(22-9-7-6-8-20(22)24)17(2)19-10-12-29(13-11-19)36(5,33)34/h6-9,14,17,19H,10-13,15H2,1-5H3,(H,27,32)(H,28,31)/t17-/m0/s1. The lowest BCUT2D eigenvalue weighted by Crippen LogP contribution is -2.39. The van der Waals surface area contributed by atoms with E-state index in [4.69, 9.17) is 4.74 Å². The number of amides is 1. The molecule has 1 fully saturated rings. The van der Waals surface area contributed by atoms with Crippen LogP contribution in [0.3, 0.4) is 0 Å². The normalized spacial score (nSPS) is 16.2. The van der Waals surface area contributed by atoms with Crippen molar-refractivity contribution >= 4 is 26.8 Å². The Hall–Kier alpha value is -3.11. The van der Waals surface area contributed by atoms with Crippen molar-refractivity contribution in [2.75, 3.05) is 26.5 Å². The van der Waals surface area contributed by atoms with Crippen LogP contribution in [0.4, 0.5) is 0 Å². The summed E-state index contributed by atoms with van der Waals surface area (Å²) in [6.45, 7) is 6.90. The second-order valence-corrected chi connectivity index (χ2v) is 11.6. The minimum absolute atomic E-state index is 0.0378. The first-order valence-electron chi connectivity index (χ1n) is 12.1. The van der Waals surface area contributed by atoms with Crippen molar-refractivity contribution in [1.82, 2.24) is 19.2 Å². The van der Waals surface area contributed by atoms with Gasteiger partial charge in [0.1, 0.15) is 5.75 Å². The first-order chi connectivity index (χ1) is 17.0. The van der Waals surface area contributed by atoms with Gasteiger partial charge in [0.15, 0.2) is 0 Å². The number of hydrogen-bond acceptors (Lipinski definition) is 5. The maximum atomic E-state index is 13.4. The highest BCUT2D eigenvalue weighted by atomic mass is 32.2. The fourth-order valence-corrected chi connectivity index (χ4v) is 6.27. The summed E-state index contributed by atoms with van der Waals surface area (Å²) in [5, 5.41) is 3.76. The second kappa shape index (κ2) is 10.1. The molecular weight excluding hydrogens is 480 g/mol. The molecule has 4 rings (SSSR count). The van der Waals surface area contributed by atoms with Crippen LogP contribution in [0.1, 0.15) is 53.1 Å². The third-order valence-electron chi connectivity index (χ3n) is 7.32. The van der Waals surface area contributed by atoms with E-state index in [0.29, 0.717) is 35.7 Å². The number of para-hydroxylation sites is 1. The van der Waals surface area contributed by atoms with E-state index in [0.717, 1.165) is 29.4 Å². The van der Waals surface area contributed by atoms with Gasteiger partial charge in [0.05, 0.1) is 31.0 Å². The topological polar surface area (TPSA) is 114 Å². The number of benzene rings is 1. The largest absolute Gasteiger partial charge is 0.496 e. The highest BCUT2D eigenvalue weighted by Crippen LogP contribution is 2.36. The number of sulfonamides is 1. The molecule has 0 aliphatic carbocycles. The molecule has 3 heterocycles. The van der Waals surface area contributed by atoms with Crippen LogP contribution in [0.15, 0.2) is 35.1 Å². The number of carbonyl (C=O) groups is 1. The first kappa shape index (κ1) is 26.0. The number of nitrogens with zero attached hydrogens (tertiary/aromatic N) is 2. The van der Waals surface area contributed by atoms with E-state index in [-0.39, 0.29) is 30.0 Å². The molecule has 194 valence electrons. The van der Waals surface area contributed by atoms with Crippen LogP contribution in [0, 0.1) is 19.8 Å². The summed E-state index contributed by atoms with van der Waals surface area (Å²) in [6, 6.07) is 9.62. The molecule has 0 spiro atoms. The Morgan fingerprint density at radius 2 is 1.89 bits per heavy atom. The number of aromatic nitrogens is 2. The van der Waals surface area contributed by atoms with Crippen LogP contribution < -0.4 is 15.6 Å². The fourth-order valence-electron chi connectivity index (χ4n) is 5.40. The monoisotopic (exact) mass is 514 g/mol. The number of piperidine rings is 1. The minimum Gasteiger partial charge on any atom is -0.496 e. The molecule has 0 bridgehead atoms. The highest BCUT2D eigenvalue weighted by Gasteiger charge is 2.31. The van der Waals surface area contributed by atoms with E-state index >= 15 is 0 Å². The molecule has 36 heavy (non-hydrogen) atoms. The van der Waals surface area contributed by atoms with Crippen molar-refractivity contribution in [2.24, 2.45) is 5.92 Å². The maximum absolute atomic E-state index is 13.4. The Morgan fingerprint density at radius 1 is 1.22 bits per heavy atom. The van der Waals surface area contributed by atoms with Gasteiger partial charge in [-0.2, -0.15) is 0 Å². The molecule has 0 unspecified atom stereocenters. The first-order valence-corrected chi connectivity index (χ1v) is 14.0. The van der Waals surface area contributed by atoms with Gasteiger partial charge in [-0.15, -0.1) is 0 Å². The van der Waals surface area contributed by atoms with Gasteiger partial charge >= 0.3 is 0 Å². The van der Waals surface area contributed by atoms with Crippen LogP contribution in [0.2, 0.25) is 0 Å². The average Bonchev–Trinajstić information content (AvgIpc) is 3.13. The van der Waals surface area contributed by atoms with Gasteiger partial charge in [-0.1, -0.05) is 18.2 Å². The Morgan fingerprint density at radius 3 is 2.53 bits per heavy atom. The molecular formula is C26H34N4O5S. The number of pyridine rings is 1. The summed E-state index contributed by atoms with van der Waals surface area (Å²) in [4.78, 5) is 28.7. The SMILES string of the molecule is COc1cc(C)[nH]c(=O)c1CNC(=O)c1c(C)n([C@@H](C)C2CCN(S(C)(=O)=O)CC2)c2ccccc12. The van der Waals surface area contributed by atoms with Gasteiger partial charge in [0, 0.05) is 41.4 Å². The smallest absolute Gasteiger partial charge is 0.256 e. The van der Waals surface area contributed by atoms with Crippen LogP contribution in [0.25, 0.3) is 10.9 Å². The summed E-state index contributed by atoms with van der Waals surface area (Å²) < 4.78 is 32.9. The number of rotatable bonds is 7. The predicted molar refractivity (Wildman–Crippen MR) is 140 cm³/mol. The van der Waals surface area contributed by atoms with E-state index < -0.39 is 10.0 Å². The van der Waals surface area contributed by atoms with Gasteiger partial charge in [-0.05, 0) is 51.7 Å². The highest BCUT2D eigenvalue weighted by molar-refractivity contribution is 7.88. The zero-order valence-corrected chi connectivity index (χ0v) is 22.2. The number of hydrogen-bond donors (Lipinski definition) is 2. The Balaban J connectivity index is 1.62. The molecule has 1 amide bonds. The van der Waals surface area contributed by atoms with E-state index in [2.05, 4.69) is 21.8 Å². The molecule has 2 aromatic heterocycles. The van der Waals surface area contributed by atoms with Gasteiger partial charge in [-0.3, -0.25) is 9.59 Å². The van der Waals surface area contributed by atoms with Gasteiger partial charge < -0.3 is 19.6 Å². The summed E-state index contributed by atoms with van der Waals surface area (Å²) in [7, 11) is -1.69. The number of carbonyl (C=O) groups excluding carboxylic acids is 1. The maximum Gasteiger partial charge on any atom is 0.256 e. The minimum atomic E-state index is -3.19. The molecule has 1 aliphatic heterocycles. The van der Waals surface area contributed by atoms with Crippen LogP contribution >= 0.6 is 0 Å². The lowest BCUT2D eigenvalue weighted by Gasteiger charge is -2.35. The second-order valence-electron chi connectivity index (χ2n) is 9.60. The molecule has 0 radical (unpaired) electrons. The zero-order valence-electron chi connectivity index (χ0n) is 21.4. The number of nitrogens with one attached hydrogen (secondary N) is 2. The molecule has 1 atom stereocenters. The van der Waals surface area contributed by atoms with Crippen molar-refractivity contribution in [3.8, 4) is 5.75 Å². The van der Waals surface area contributed by atoms with E-state index in [1.807, 2.05) is 31.2 Å². The number of ether oxygens (including phenoxy) is 1. The average molecular weight is 515 g/mol. The van der Waals surface area contributed by atoms with Crippen molar-refractivity contribution in [3.63, 3.8) is 0 Å². The molecule has 3 aromatic rings. The summed E-state index contributed by atoms with van der Waals surface area (Å²) in [6.07, 6.45) is 2.78. The molecule has 2 N–H and O–H groups in total.